The average molecular weight is 336 g/mol. The van der Waals surface area contributed by atoms with Crippen LogP contribution in [0.2, 0.25) is 10.0 Å². The van der Waals surface area contributed by atoms with Gasteiger partial charge in [-0.15, -0.1) is 0 Å². The van der Waals surface area contributed by atoms with Crippen LogP contribution >= 0.6 is 39.1 Å². The molecular formula is C10H5BrCl2N2O2. The Hall–Kier alpha value is -1.04. The van der Waals surface area contributed by atoms with E-state index in [9.17, 15) is 10.1 Å². The number of aromatic amines is 1. The number of rotatable bonds is 2. The molecular weight excluding hydrogens is 331 g/mol. The Labute approximate surface area is 115 Å². The standard InChI is InChI=1S/C10H5BrCl2N2O2/c11-10-7(13)9(15(16)17)8(14-10)5-1-3-6(12)4-2-5/h1-4,14H. The molecule has 0 amide bonds. The molecule has 1 aromatic heterocycles. The first kappa shape index (κ1) is 12.4. The van der Waals surface area contributed by atoms with E-state index in [1.807, 2.05) is 0 Å². The molecule has 17 heavy (non-hydrogen) atoms. The summed E-state index contributed by atoms with van der Waals surface area (Å²) in [4.78, 5) is 13.3. The molecule has 0 unspecified atom stereocenters. The average Bonchev–Trinajstić information content (AvgIpc) is 2.56. The third-order valence-corrected chi connectivity index (χ3v) is 3.63. The molecule has 2 rings (SSSR count). The molecule has 0 aliphatic heterocycles. The molecule has 0 aliphatic rings. The van der Waals surface area contributed by atoms with Crippen LogP contribution in [0.3, 0.4) is 0 Å². The van der Waals surface area contributed by atoms with Gasteiger partial charge in [-0.05, 0) is 28.1 Å². The van der Waals surface area contributed by atoms with Gasteiger partial charge in [0.2, 0.25) is 0 Å². The molecule has 0 saturated carbocycles. The lowest BCUT2D eigenvalue weighted by Crippen LogP contribution is -1.89. The molecule has 1 aromatic carbocycles. The summed E-state index contributed by atoms with van der Waals surface area (Å²) in [5.41, 5.74) is 0.845. The predicted molar refractivity (Wildman–Crippen MR) is 70.6 cm³/mol. The van der Waals surface area contributed by atoms with Gasteiger partial charge in [0, 0.05) is 10.6 Å². The Morgan fingerprint density at radius 1 is 1.24 bits per heavy atom. The summed E-state index contributed by atoms with van der Waals surface area (Å²) in [6.45, 7) is 0. The second kappa shape index (κ2) is 4.68. The van der Waals surface area contributed by atoms with Gasteiger partial charge in [-0.1, -0.05) is 35.3 Å². The van der Waals surface area contributed by atoms with Crippen LogP contribution in [0.5, 0.6) is 0 Å². The molecule has 0 bridgehead atoms. The summed E-state index contributed by atoms with van der Waals surface area (Å²) in [6, 6.07) is 6.68. The zero-order chi connectivity index (χ0) is 12.6. The van der Waals surface area contributed by atoms with Crippen LogP contribution < -0.4 is 0 Å². The molecule has 0 aliphatic carbocycles. The van der Waals surface area contributed by atoms with Crippen LogP contribution in [-0.2, 0) is 0 Å². The first-order valence-electron chi connectivity index (χ1n) is 4.48. The van der Waals surface area contributed by atoms with Gasteiger partial charge < -0.3 is 4.98 Å². The van der Waals surface area contributed by atoms with Gasteiger partial charge in [-0.3, -0.25) is 10.1 Å². The van der Waals surface area contributed by atoms with Crippen molar-refractivity contribution in [2.45, 2.75) is 0 Å². The smallest absolute Gasteiger partial charge is 0.314 e. The van der Waals surface area contributed by atoms with E-state index in [1.165, 1.54) is 0 Å². The highest BCUT2D eigenvalue weighted by molar-refractivity contribution is 9.10. The van der Waals surface area contributed by atoms with Crippen molar-refractivity contribution in [1.82, 2.24) is 4.98 Å². The Morgan fingerprint density at radius 2 is 1.82 bits per heavy atom. The van der Waals surface area contributed by atoms with Gasteiger partial charge in [-0.25, -0.2) is 0 Å². The second-order valence-corrected chi connectivity index (χ2v) is 4.85. The topological polar surface area (TPSA) is 58.9 Å². The van der Waals surface area contributed by atoms with Crippen LogP contribution in [0.25, 0.3) is 11.3 Å². The fourth-order valence-corrected chi connectivity index (χ4v) is 2.16. The van der Waals surface area contributed by atoms with Crippen LogP contribution in [-0.4, -0.2) is 9.91 Å². The third-order valence-electron chi connectivity index (χ3n) is 2.19. The number of nitro groups is 1. The number of hydrogen-bond acceptors (Lipinski definition) is 2. The van der Waals surface area contributed by atoms with Crippen molar-refractivity contribution in [2.24, 2.45) is 0 Å². The van der Waals surface area contributed by atoms with E-state index in [0.29, 0.717) is 20.9 Å². The number of hydrogen-bond donors (Lipinski definition) is 1. The lowest BCUT2D eigenvalue weighted by Gasteiger charge is -1.98. The van der Waals surface area contributed by atoms with Gasteiger partial charge in [-0.2, -0.15) is 0 Å². The summed E-state index contributed by atoms with van der Waals surface area (Å²) in [7, 11) is 0. The van der Waals surface area contributed by atoms with Crippen molar-refractivity contribution in [3.05, 3.63) is 49.0 Å². The normalized spacial score (nSPS) is 10.5. The number of halogens is 3. The van der Waals surface area contributed by atoms with Gasteiger partial charge in [0.1, 0.15) is 10.3 Å². The molecule has 2 aromatic rings. The van der Waals surface area contributed by atoms with E-state index in [4.69, 9.17) is 23.2 Å². The molecule has 0 radical (unpaired) electrons. The van der Waals surface area contributed by atoms with Gasteiger partial charge >= 0.3 is 5.69 Å². The van der Waals surface area contributed by atoms with Crippen LogP contribution in [0.15, 0.2) is 28.9 Å². The van der Waals surface area contributed by atoms with E-state index in [-0.39, 0.29) is 10.7 Å². The Morgan fingerprint density at radius 3 is 2.35 bits per heavy atom. The lowest BCUT2D eigenvalue weighted by atomic mass is 10.1. The third kappa shape index (κ3) is 2.31. The van der Waals surface area contributed by atoms with Gasteiger partial charge in [0.05, 0.1) is 4.92 Å². The first-order valence-corrected chi connectivity index (χ1v) is 6.03. The Balaban J connectivity index is 2.63. The summed E-state index contributed by atoms with van der Waals surface area (Å²) in [6.07, 6.45) is 0. The number of H-pyrrole nitrogens is 1. The number of nitrogens with zero attached hydrogens (tertiary/aromatic N) is 1. The molecule has 1 heterocycles. The van der Waals surface area contributed by atoms with E-state index in [1.54, 1.807) is 24.3 Å². The van der Waals surface area contributed by atoms with Crippen molar-refractivity contribution >= 4 is 44.8 Å². The maximum atomic E-state index is 11.0. The van der Waals surface area contributed by atoms with E-state index < -0.39 is 4.92 Å². The van der Waals surface area contributed by atoms with Crippen LogP contribution in [0.4, 0.5) is 5.69 Å². The summed E-state index contributed by atoms with van der Waals surface area (Å²) >= 11 is 14.7. The monoisotopic (exact) mass is 334 g/mol. The minimum atomic E-state index is -0.520. The highest BCUT2D eigenvalue weighted by Crippen LogP contribution is 2.40. The number of nitrogens with one attached hydrogen (secondary N) is 1. The highest BCUT2D eigenvalue weighted by atomic mass is 79.9. The molecule has 0 saturated heterocycles. The van der Waals surface area contributed by atoms with Crippen molar-refractivity contribution < 1.29 is 4.92 Å². The molecule has 4 nitrogen and oxygen atoms in total. The number of aromatic nitrogens is 1. The molecule has 7 heteroatoms. The fraction of sp³-hybridized carbons (Fsp3) is 0. The minimum absolute atomic E-state index is 0.0555. The Bertz CT molecular complexity index is 581. The quantitative estimate of drug-likeness (QED) is 0.641. The van der Waals surface area contributed by atoms with E-state index >= 15 is 0 Å². The van der Waals surface area contributed by atoms with Crippen molar-refractivity contribution in [2.75, 3.05) is 0 Å². The molecule has 1 N–H and O–H groups in total. The molecule has 88 valence electrons. The molecule has 0 atom stereocenters. The van der Waals surface area contributed by atoms with Crippen LogP contribution in [0.1, 0.15) is 0 Å². The van der Waals surface area contributed by atoms with Crippen molar-refractivity contribution in [3.8, 4) is 11.3 Å². The molecule has 0 spiro atoms. The highest BCUT2D eigenvalue weighted by Gasteiger charge is 2.25. The summed E-state index contributed by atoms with van der Waals surface area (Å²) in [5, 5.41) is 11.6. The fourth-order valence-electron chi connectivity index (χ4n) is 1.43. The summed E-state index contributed by atoms with van der Waals surface area (Å²) in [5.74, 6) is 0. The SMILES string of the molecule is O=[N+]([O-])c1c(-c2ccc(Cl)cc2)[nH]c(Br)c1Cl. The van der Waals surface area contributed by atoms with Gasteiger partial charge in [0.15, 0.2) is 5.02 Å². The molecule has 0 fully saturated rings. The van der Waals surface area contributed by atoms with Crippen molar-refractivity contribution in [3.63, 3.8) is 0 Å². The predicted octanol–water partition coefficient (Wildman–Crippen LogP) is 4.66. The minimum Gasteiger partial charge on any atom is -0.342 e. The van der Waals surface area contributed by atoms with E-state index in [2.05, 4.69) is 20.9 Å². The van der Waals surface area contributed by atoms with Crippen molar-refractivity contribution in [1.29, 1.82) is 0 Å². The van der Waals surface area contributed by atoms with Gasteiger partial charge in [0.25, 0.3) is 0 Å². The maximum Gasteiger partial charge on any atom is 0.314 e. The maximum absolute atomic E-state index is 11.0. The van der Waals surface area contributed by atoms with E-state index in [0.717, 1.165) is 0 Å². The second-order valence-electron chi connectivity index (χ2n) is 3.24. The zero-order valence-corrected chi connectivity index (χ0v) is 11.3. The van der Waals surface area contributed by atoms with Crippen LogP contribution in [0, 0.1) is 10.1 Å². The lowest BCUT2D eigenvalue weighted by molar-refractivity contribution is -0.383. The zero-order valence-electron chi connectivity index (χ0n) is 8.21. The Kier molecular flexibility index (Phi) is 3.42. The largest absolute Gasteiger partial charge is 0.342 e. The number of benzene rings is 1. The first-order chi connectivity index (χ1) is 8.00. The summed E-state index contributed by atoms with van der Waals surface area (Å²) < 4.78 is 0.385.